The van der Waals surface area contributed by atoms with Crippen molar-refractivity contribution in [3.05, 3.63) is 0 Å². The third-order valence-electron chi connectivity index (χ3n) is 3.71. The second-order valence-corrected chi connectivity index (χ2v) is 6.77. The number of hydrogen-bond acceptors (Lipinski definition) is 7. The zero-order valence-corrected chi connectivity index (χ0v) is 15.9. The van der Waals surface area contributed by atoms with Crippen molar-refractivity contribution in [3.63, 3.8) is 0 Å². The van der Waals surface area contributed by atoms with Gasteiger partial charge in [-0.3, -0.25) is 14.4 Å². The van der Waals surface area contributed by atoms with Gasteiger partial charge in [-0.25, -0.2) is 4.79 Å². The van der Waals surface area contributed by atoms with Gasteiger partial charge in [0.05, 0.1) is 12.7 Å². The zero-order chi connectivity index (χ0) is 21.3. The van der Waals surface area contributed by atoms with Crippen molar-refractivity contribution in [1.29, 1.82) is 0 Å². The highest BCUT2D eigenvalue weighted by molar-refractivity contribution is 5.94. The lowest BCUT2D eigenvalue weighted by atomic mass is 10.0. The maximum atomic E-state index is 12.2. The maximum Gasteiger partial charge on any atom is 0.326 e. The third-order valence-corrected chi connectivity index (χ3v) is 3.71. The summed E-state index contributed by atoms with van der Waals surface area (Å²) in [6.07, 6.45) is -0.943. The molecule has 0 aliphatic carbocycles. The normalized spacial score (nSPS) is 16.6. The van der Waals surface area contributed by atoms with Crippen LogP contribution in [0.4, 0.5) is 0 Å². The summed E-state index contributed by atoms with van der Waals surface area (Å²) in [7, 11) is 0. The Morgan fingerprint density at radius 3 is 1.81 bits per heavy atom. The second-order valence-electron chi connectivity index (χ2n) is 6.77. The van der Waals surface area contributed by atoms with Gasteiger partial charge in [0.1, 0.15) is 24.2 Å². The molecule has 0 heterocycles. The molecule has 5 unspecified atom stereocenters. The van der Waals surface area contributed by atoms with Gasteiger partial charge in [0, 0.05) is 0 Å². The number of aliphatic carboxylic acids is 1. The Bertz CT molecular complexity index is 539. The van der Waals surface area contributed by atoms with Crippen LogP contribution in [-0.4, -0.2) is 75.9 Å². The van der Waals surface area contributed by atoms with Crippen LogP contribution in [0.1, 0.15) is 34.1 Å². The van der Waals surface area contributed by atoms with Gasteiger partial charge in [-0.2, -0.15) is 0 Å². The first-order valence-electron chi connectivity index (χ1n) is 8.59. The number of carbonyl (C=O) groups is 4. The number of rotatable bonds is 11. The van der Waals surface area contributed by atoms with E-state index in [1.807, 2.05) is 0 Å². The van der Waals surface area contributed by atoms with Gasteiger partial charge in [-0.1, -0.05) is 13.8 Å². The first-order valence-corrected chi connectivity index (χ1v) is 8.59. The largest absolute Gasteiger partial charge is 0.480 e. The fourth-order valence-corrected chi connectivity index (χ4v) is 2.05. The molecule has 27 heavy (non-hydrogen) atoms. The average molecular weight is 390 g/mol. The van der Waals surface area contributed by atoms with Crippen molar-refractivity contribution in [2.45, 2.75) is 64.4 Å². The van der Waals surface area contributed by atoms with Gasteiger partial charge in [-0.05, 0) is 26.2 Å². The van der Waals surface area contributed by atoms with Crippen LogP contribution in [0.25, 0.3) is 0 Å². The number of carbonyl (C=O) groups excluding carboxylic acids is 3. The van der Waals surface area contributed by atoms with E-state index in [1.165, 1.54) is 13.8 Å². The Morgan fingerprint density at radius 1 is 0.889 bits per heavy atom. The Labute approximate surface area is 157 Å². The molecule has 0 spiro atoms. The van der Waals surface area contributed by atoms with Crippen molar-refractivity contribution in [1.82, 2.24) is 16.0 Å². The zero-order valence-electron chi connectivity index (χ0n) is 15.9. The van der Waals surface area contributed by atoms with Gasteiger partial charge in [0.25, 0.3) is 0 Å². The summed E-state index contributed by atoms with van der Waals surface area (Å²) in [6.45, 7) is 5.45. The Kier molecular flexibility index (Phi) is 10.5. The molecule has 11 nitrogen and oxygen atoms in total. The highest BCUT2D eigenvalue weighted by Gasteiger charge is 2.29. The maximum absolute atomic E-state index is 12.2. The fraction of sp³-hybridized carbons (Fsp3) is 0.750. The van der Waals surface area contributed by atoms with Crippen LogP contribution in [0.3, 0.4) is 0 Å². The minimum absolute atomic E-state index is 0.00178. The quantitative estimate of drug-likeness (QED) is 0.198. The lowest BCUT2D eigenvalue weighted by Crippen LogP contribution is -2.58. The van der Waals surface area contributed by atoms with Crippen molar-refractivity contribution >= 4 is 23.7 Å². The number of hydrogen-bond donors (Lipinski definition) is 7. The summed E-state index contributed by atoms with van der Waals surface area (Å²) in [4.78, 5) is 47.2. The summed E-state index contributed by atoms with van der Waals surface area (Å²) < 4.78 is 0. The van der Waals surface area contributed by atoms with Crippen molar-refractivity contribution < 1.29 is 34.5 Å². The van der Waals surface area contributed by atoms with Crippen LogP contribution >= 0.6 is 0 Å². The van der Waals surface area contributed by atoms with E-state index < -0.39 is 60.6 Å². The SMILES string of the molecule is CC(C)CC(NC(=O)C(CO)NC(=O)C(C)NC(=O)C(N)C(C)O)C(=O)O. The summed E-state index contributed by atoms with van der Waals surface area (Å²) in [5, 5.41) is 34.5. The first-order chi connectivity index (χ1) is 12.4. The van der Waals surface area contributed by atoms with E-state index in [1.54, 1.807) is 13.8 Å². The van der Waals surface area contributed by atoms with Gasteiger partial charge < -0.3 is 37.0 Å². The van der Waals surface area contributed by atoms with Gasteiger partial charge in [-0.15, -0.1) is 0 Å². The minimum atomic E-state index is -1.39. The highest BCUT2D eigenvalue weighted by Crippen LogP contribution is 2.05. The van der Waals surface area contributed by atoms with Crippen molar-refractivity contribution in [3.8, 4) is 0 Å². The molecule has 156 valence electrons. The van der Waals surface area contributed by atoms with Gasteiger partial charge in [0.15, 0.2) is 0 Å². The minimum Gasteiger partial charge on any atom is -0.480 e. The average Bonchev–Trinajstić information content (AvgIpc) is 2.56. The second kappa shape index (κ2) is 11.5. The van der Waals surface area contributed by atoms with Crippen LogP contribution in [0, 0.1) is 5.92 Å². The predicted octanol–water partition coefficient (Wildman–Crippen LogP) is -2.71. The molecule has 3 amide bonds. The van der Waals surface area contributed by atoms with E-state index in [0.717, 1.165) is 0 Å². The molecule has 0 radical (unpaired) electrons. The molecular weight excluding hydrogens is 360 g/mol. The predicted molar refractivity (Wildman–Crippen MR) is 95.3 cm³/mol. The van der Waals surface area contributed by atoms with Crippen molar-refractivity contribution in [2.75, 3.05) is 6.61 Å². The molecule has 0 aliphatic rings. The monoisotopic (exact) mass is 390 g/mol. The van der Waals surface area contributed by atoms with Crippen LogP contribution in [-0.2, 0) is 19.2 Å². The molecule has 8 N–H and O–H groups in total. The lowest BCUT2D eigenvalue weighted by Gasteiger charge is -2.23. The molecule has 0 saturated carbocycles. The fourth-order valence-electron chi connectivity index (χ4n) is 2.05. The number of amides is 3. The molecule has 5 atom stereocenters. The Balaban J connectivity index is 4.84. The van der Waals surface area contributed by atoms with Crippen LogP contribution in [0.2, 0.25) is 0 Å². The van der Waals surface area contributed by atoms with Gasteiger partial charge >= 0.3 is 5.97 Å². The third kappa shape index (κ3) is 8.80. The van der Waals surface area contributed by atoms with Crippen molar-refractivity contribution in [2.24, 2.45) is 11.7 Å². The topological polar surface area (TPSA) is 191 Å². The molecule has 0 saturated heterocycles. The molecule has 0 bridgehead atoms. The van der Waals surface area contributed by atoms with Crippen LogP contribution in [0.5, 0.6) is 0 Å². The molecule has 0 aromatic rings. The standard InChI is InChI=1S/C16H30N4O7/c1-7(2)5-10(16(26)27)19-14(24)11(6-21)20-13(23)8(3)18-15(25)12(17)9(4)22/h7-12,21-22H,5-6,17H2,1-4H3,(H,18,25)(H,19,24)(H,20,23)(H,26,27). The number of carboxylic acid groups (broad SMARTS) is 1. The molecule has 11 heteroatoms. The van der Waals surface area contributed by atoms with E-state index in [-0.39, 0.29) is 12.3 Å². The van der Waals surface area contributed by atoms with Crippen LogP contribution < -0.4 is 21.7 Å². The molecule has 0 aliphatic heterocycles. The first kappa shape index (κ1) is 24.8. The summed E-state index contributed by atoms with van der Waals surface area (Å²) in [5.41, 5.74) is 5.45. The molecular formula is C16H30N4O7. The lowest BCUT2D eigenvalue weighted by molar-refractivity contribution is -0.143. The number of nitrogens with two attached hydrogens (primary N) is 1. The van der Waals surface area contributed by atoms with E-state index in [0.29, 0.717) is 0 Å². The van der Waals surface area contributed by atoms with E-state index in [4.69, 9.17) is 10.8 Å². The number of aliphatic hydroxyl groups is 2. The number of nitrogens with one attached hydrogen (secondary N) is 3. The smallest absolute Gasteiger partial charge is 0.326 e. The van der Waals surface area contributed by atoms with Crippen LogP contribution in [0.15, 0.2) is 0 Å². The highest BCUT2D eigenvalue weighted by atomic mass is 16.4. The molecule has 0 aromatic carbocycles. The van der Waals surface area contributed by atoms with E-state index >= 15 is 0 Å². The molecule has 0 aromatic heterocycles. The summed E-state index contributed by atoms with van der Waals surface area (Å²) in [5.74, 6) is -3.64. The molecule has 0 rings (SSSR count). The number of carboxylic acids is 1. The summed E-state index contributed by atoms with van der Waals surface area (Å²) >= 11 is 0. The molecule has 0 fully saturated rings. The van der Waals surface area contributed by atoms with Gasteiger partial charge in [0.2, 0.25) is 17.7 Å². The Hall–Kier alpha value is -2.24. The number of aliphatic hydroxyl groups excluding tert-OH is 2. The summed E-state index contributed by atoms with van der Waals surface area (Å²) in [6, 6.07) is -4.89. The van der Waals surface area contributed by atoms with E-state index in [9.17, 15) is 29.4 Å². The van der Waals surface area contributed by atoms with E-state index in [2.05, 4.69) is 16.0 Å². The Morgan fingerprint density at radius 2 is 1.41 bits per heavy atom.